The van der Waals surface area contributed by atoms with Crippen LogP contribution >= 0.6 is 47.4 Å². The van der Waals surface area contributed by atoms with Gasteiger partial charge in [-0.2, -0.15) is 0 Å². The van der Waals surface area contributed by atoms with Gasteiger partial charge in [0.15, 0.2) is 0 Å². The predicted octanol–water partition coefficient (Wildman–Crippen LogP) is 5.13. The molecule has 3 nitrogen and oxygen atoms in total. The second-order valence-electron chi connectivity index (χ2n) is 8.90. The number of fused-ring (bicyclic) bond motifs is 2. The molecule has 2 heterocycles. The number of nitrogens with zero attached hydrogens (tertiary/aromatic N) is 2. The van der Waals surface area contributed by atoms with Crippen LogP contribution in [0.2, 0.25) is 0 Å². The summed E-state index contributed by atoms with van der Waals surface area (Å²) in [6, 6.07) is 17.9. The molecule has 2 aliphatic heterocycles. The number of piperidine rings is 2. The fourth-order valence-corrected chi connectivity index (χ4v) is 6.11. The predicted molar refractivity (Wildman–Crippen MR) is 141 cm³/mol. The summed E-state index contributed by atoms with van der Waals surface area (Å²) in [6.07, 6.45) is 7.72. The quantitative estimate of drug-likeness (QED) is 0.517. The van der Waals surface area contributed by atoms with Crippen molar-refractivity contribution >= 4 is 53.5 Å². The Kier molecular flexibility index (Phi) is 8.50. The molecule has 1 aliphatic carbocycles. The molecule has 0 aromatic heterocycles. The lowest BCUT2D eigenvalue weighted by atomic mass is 9.74. The summed E-state index contributed by atoms with van der Waals surface area (Å²) in [5.41, 5.74) is 4.48. The number of aliphatic hydroxyl groups excluding tert-OH is 1. The Morgan fingerprint density at radius 1 is 1.00 bits per heavy atom. The summed E-state index contributed by atoms with van der Waals surface area (Å²) in [7, 11) is 0. The maximum atomic E-state index is 10.8. The molecular weight excluding hydrogens is 542 g/mol. The Morgan fingerprint density at radius 3 is 2.55 bits per heavy atom. The zero-order chi connectivity index (χ0) is 19.8. The summed E-state index contributed by atoms with van der Waals surface area (Å²) in [5.74, 6) is 0. The van der Waals surface area contributed by atoms with Crippen LogP contribution in [0.25, 0.3) is 6.08 Å². The van der Waals surface area contributed by atoms with Crippen molar-refractivity contribution in [1.29, 1.82) is 0 Å². The molecule has 168 valence electrons. The summed E-state index contributed by atoms with van der Waals surface area (Å²) in [4.78, 5) is 5.09. The standard InChI is InChI=1S/C25H29IN2O.2ClH/c26-21-6-3-4-19(16-21)17-27-13-9-24(29)23(18-27)28-14-11-25(12-15-28)10-8-20-5-1-2-7-22(20)25;;/h1-8,10,16,23-24,29H,9,11-15,17-18H2;2*1H. The summed E-state index contributed by atoms with van der Waals surface area (Å²) in [6.45, 7) is 5.06. The third-order valence-electron chi connectivity index (χ3n) is 7.16. The molecule has 0 radical (unpaired) electrons. The maximum Gasteiger partial charge on any atom is 0.0720 e. The number of allylic oxidation sites excluding steroid dienone is 1. The first-order valence-electron chi connectivity index (χ1n) is 10.8. The van der Waals surface area contributed by atoms with Gasteiger partial charge in [0.05, 0.1) is 6.10 Å². The largest absolute Gasteiger partial charge is 0.391 e. The van der Waals surface area contributed by atoms with Crippen molar-refractivity contribution in [1.82, 2.24) is 9.80 Å². The van der Waals surface area contributed by atoms with Gasteiger partial charge in [0.2, 0.25) is 0 Å². The van der Waals surface area contributed by atoms with Crippen LogP contribution in [-0.2, 0) is 12.0 Å². The van der Waals surface area contributed by atoms with E-state index in [4.69, 9.17) is 0 Å². The van der Waals surface area contributed by atoms with Gasteiger partial charge in [0.25, 0.3) is 0 Å². The fourth-order valence-electron chi connectivity index (χ4n) is 5.51. The van der Waals surface area contributed by atoms with Gasteiger partial charge in [-0.15, -0.1) is 24.8 Å². The van der Waals surface area contributed by atoms with Crippen molar-refractivity contribution in [2.45, 2.75) is 43.4 Å². The summed E-state index contributed by atoms with van der Waals surface area (Å²) >= 11 is 2.39. The van der Waals surface area contributed by atoms with Crippen LogP contribution in [-0.4, -0.2) is 53.2 Å². The number of halogens is 3. The van der Waals surface area contributed by atoms with E-state index in [1.165, 1.54) is 20.3 Å². The molecule has 3 aliphatic rings. The third kappa shape index (κ3) is 5.15. The van der Waals surface area contributed by atoms with Crippen molar-refractivity contribution in [3.8, 4) is 0 Å². The lowest BCUT2D eigenvalue weighted by Gasteiger charge is -2.47. The van der Waals surface area contributed by atoms with E-state index in [0.29, 0.717) is 0 Å². The zero-order valence-corrected chi connectivity index (χ0v) is 21.4. The number of hydrogen-bond acceptors (Lipinski definition) is 3. The van der Waals surface area contributed by atoms with E-state index in [-0.39, 0.29) is 42.4 Å². The van der Waals surface area contributed by atoms with E-state index < -0.39 is 0 Å². The van der Waals surface area contributed by atoms with E-state index >= 15 is 0 Å². The van der Waals surface area contributed by atoms with Crippen molar-refractivity contribution in [3.05, 3.63) is 74.9 Å². The van der Waals surface area contributed by atoms with E-state index in [2.05, 4.69) is 93.1 Å². The second kappa shape index (κ2) is 10.5. The summed E-state index contributed by atoms with van der Waals surface area (Å²) in [5, 5.41) is 10.8. The molecule has 0 saturated carbocycles. The van der Waals surface area contributed by atoms with Crippen LogP contribution < -0.4 is 0 Å². The van der Waals surface area contributed by atoms with Crippen molar-refractivity contribution < 1.29 is 5.11 Å². The number of rotatable bonds is 3. The average Bonchev–Trinajstić information content (AvgIpc) is 3.09. The third-order valence-corrected chi connectivity index (χ3v) is 7.84. The molecule has 2 atom stereocenters. The topological polar surface area (TPSA) is 26.7 Å². The highest BCUT2D eigenvalue weighted by Crippen LogP contribution is 2.44. The molecule has 1 spiro atoms. The minimum atomic E-state index is -0.206. The van der Waals surface area contributed by atoms with Crippen LogP contribution in [0.3, 0.4) is 0 Å². The van der Waals surface area contributed by atoms with Gasteiger partial charge < -0.3 is 5.11 Å². The molecule has 2 aromatic rings. The molecule has 2 fully saturated rings. The smallest absolute Gasteiger partial charge is 0.0720 e. The van der Waals surface area contributed by atoms with Crippen LogP contribution in [0.5, 0.6) is 0 Å². The first kappa shape index (κ1) is 25.0. The number of hydrogen-bond donors (Lipinski definition) is 1. The van der Waals surface area contributed by atoms with E-state index in [9.17, 15) is 5.11 Å². The minimum absolute atomic E-state index is 0. The summed E-state index contributed by atoms with van der Waals surface area (Å²) < 4.78 is 1.29. The van der Waals surface area contributed by atoms with Crippen LogP contribution in [0, 0.1) is 3.57 Å². The molecule has 0 bridgehead atoms. The zero-order valence-electron chi connectivity index (χ0n) is 17.6. The van der Waals surface area contributed by atoms with Crippen LogP contribution in [0.1, 0.15) is 36.0 Å². The molecule has 2 aromatic carbocycles. The van der Waals surface area contributed by atoms with Gasteiger partial charge in [-0.05, 0) is 83.8 Å². The lowest BCUT2D eigenvalue weighted by Crippen LogP contribution is -2.57. The molecule has 2 unspecified atom stereocenters. The normalized spacial score (nSPS) is 25.0. The molecule has 6 heteroatoms. The van der Waals surface area contributed by atoms with Gasteiger partial charge in [0.1, 0.15) is 0 Å². The highest BCUT2D eigenvalue weighted by atomic mass is 127. The van der Waals surface area contributed by atoms with Crippen molar-refractivity contribution in [2.75, 3.05) is 26.2 Å². The Balaban J connectivity index is 0.00000136. The first-order valence-corrected chi connectivity index (χ1v) is 11.9. The molecule has 2 saturated heterocycles. The highest BCUT2D eigenvalue weighted by molar-refractivity contribution is 14.1. The van der Waals surface area contributed by atoms with Gasteiger partial charge in [-0.3, -0.25) is 9.80 Å². The molecule has 31 heavy (non-hydrogen) atoms. The van der Waals surface area contributed by atoms with E-state index in [0.717, 1.165) is 52.0 Å². The average molecular weight is 573 g/mol. The highest BCUT2D eigenvalue weighted by Gasteiger charge is 2.41. The SMILES string of the molecule is Cl.Cl.OC1CCN(Cc2cccc(I)c2)CC1N1CCC2(C=Cc3ccccc32)CC1. The molecule has 0 amide bonds. The number of likely N-dealkylation sites (tertiary alicyclic amines) is 2. The maximum absolute atomic E-state index is 10.8. The molecule has 5 rings (SSSR count). The lowest BCUT2D eigenvalue weighted by molar-refractivity contribution is -0.0256. The molecular formula is C25H31Cl2IN2O. The Labute approximate surface area is 211 Å². The number of aliphatic hydroxyl groups is 1. The van der Waals surface area contributed by atoms with Crippen molar-refractivity contribution in [2.24, 2.45) is 0 Å². The minimum Gasteiger partial charge on any atom is -0.391 e. The molecule has 1 N–H and O–H groups in total. The fraction of sp³-hybridized carbons (Fsp3) is 0.440. The second-order valence-corrected chi connectivity index (χ2v) is 10.1. The Hall–Kier alpha value is -0.630. The van der Waals surface area contributed by atoms with Gasteiger partial charge in [0, 0.05) is 34.7 Å². The van der Waals surface area contributed by atoms with Gasteiger partial charge >= 0.3 is 0 Å². The first-order chi connectivity index (χ1) is 14.1. The van der Waals surface area contributed by atoms with Gasteiger partial charge in [-0.1, -0.05) is 48.6 Å². The van der Waals surface area contributed by atoms with Crippen molar-refractivity contribution in [3.63, 3.8) is 0 Å². The monoisotopic (exact) mass is 572 g/mol. The van der Waals surface area contributed by atoms with Crippen LogP contribution in [0.4, 0.5) is 0 Å². The van der Waals surface area contributed by atoms with E-state index in [1.54, 1.807) is 0 Å². The Morgan fingerprint density at radius 2 is 1.77 bits per heavy atom. The van der Waals surface area contributed by atoms with Gasteiger partial charge in [-0.25, -0.2) is 0 Å². The Bertz CT molecular complexity index is 914. The van der Waals surface area contributed by atoms with Crippen LogP contribution in [0.15, 0.2) is 54.6 Å². The number of benzene rings is 2. The van der Waals surface area contributed by atoms with E-state index in [1.807, 2.05) is 0 Å².